The summed E-state index contributed by atoms with van der Waals surface area (Å²) in [6, 6.07) is 7.09. The Morgan fingerprint density at radius 2 is 2.22 bits per heavy atom. The smallest absolute Gasteiger partial charge is 0.315 e. The maximum atomic E-state index is 11.9. The number of hydrogen-bond acceptors (Lipinski definition) is 5. The highest BCUT2D eigenvalue weighted by Crippen LogP contribution is 2.17. The van der Waals surface area contributed by atoms with Gasteiger partial charge < -0.3 is 19.8 Å². The maximum absolute atomic E-state index is 11.9. The first-order valence-electron chi connectivity index (χ1n) is 7.30. The fraction of sp³-hybridized carbons (Fsp3) is 0.375. The number of methoxy groups -OCH3 is 1. The van der Waals surface area contributed by atoms with Crippen LogP contribution < -0.4 is 15.4 Å². The molecule has 2 amide bonds. The van der Waals surface area contributed by atoms with E-state index in [9.17, 15) is 4.79 Å². The van der Waals surface area contributed by atoms with Gasteiger partial charge in [0.05, 0.1) is 19.4 Å². The Bertz CT molecular complexity index is 614. The van der Waals surface area contributed by atoms with E-state index in [4.69, 9.17) is 9.15 Å². The molecule has 0 saturated heterocycles. The van der Waals surface area contributed by atoms with Gasteiger partial charge >= 0.3 is 6.03 Å². The molecular formula is C16H22N4O3. The number of hydrogen-bond donors (Lipinski definition) is 2. The SMILES string of the molecule is COc1cc(CNC(=O)NCC(c2ccco2)N(C)C)ccn1. The van der Waals surface area contributed by atoms with Crippen molar-refractivity contribution < 1.29 is 13.9 Å². The van der Waals surface area contributed by atoms with E-state index >= 15 is 0 Å². The van der Waals surface area contributed by atoms with Gasteiger partial charge in [-0.2, -0.15) is 0 Å². The zero-order valence-corrected chi connectivity index (χ0v) is 13.6. The Balaban J connectivity index is 1.82. The van der Waals surface area contributed by atoms with E-state index in [2.05, 4.69) is 15.6 Å². The number of amides is 2. The average molecular weight is 318 g/mol. The summed E-state index contributed by atoms with van der Waals surface area (Å²) in [6.07, 6.45) is 3.27. The molecule has 1 atom stereocenters. The summed E-state index contributed by atoms with van der Waals surface area (Å²) < 4.78 is 10.5. The van der Waals surface area contributed by atoms with E-state index in [0.29, 0.717) is 19.0 Å². The van der Waals surface area contributed by atoms with Gasteiger partial charge in [-0.05, 0) is 37.9 Å². The number of aromatic nitrogens is 1. The molecule has 2 N–H and O–H groups in total. The predicted octanol–water partition coefficient (Wildman–Crippen LogP) is 1.79. The van der Waals surface area contributed by atoms with Crippen LogP contribution in [0, 0.1) is 0 Å². The van der Waals surface area contributed by atoms with Crippen LogP contribution in [0.1, 0.15) is 17.4 Å². The van der Waals surface area contributed by atoms with Crippen molar-refractivity contribution in [3.05, 3.63) is 48.0 Å². The van der Waals surface area contributed by atoms with Crippen molar-refractivity contribution >= 4 is 6.03 Å². The first-order valence-corrected chi connectivity index (χ1v) is 7.30. The standard InChI is InChI=1S/C16H22N4O3/c1-20(2)13(14-5-4-8-23-14)11-19-16(21)18-10-12-6-7-17-15(9-12)22-3/h4-9,13H,10-11H2,1-3H3,(H2,18,19,21). The molecule has 0 aliphatic heterocycles. The number of likely N-dealkylation sites (N-methyl/N-ethyl adjacent to an activating group) is 1. The molecule has 0 saturated carbocycles. The van der Waals surface area contributed by atoms with Gasteiger partial charge in [0.15, 0.2) is 0 Å². The number of nitrogens with zero attached hydrogens (tertiary/aromatic N) is 2. The number of urea groups is 1. The van der Waals surface area contributed by atoms with Crippen molar-refractivity contribution in [3.8, 4) is 5.88 Å². The van der Waals surface area contributed by atoms with Crippen molar-refractivity contribution in [2.45, 2.75) is 12.6 Å². The van der Waals surface area contributed by atoms with Crippen LogP contribution in [0.25, 0.3) is 0 Å². The van der Waals surface area contributed by atoms with E-state index in [1.807, 2.05) is 37.2 Å². The summed E-state index contributed by atoms with van der Waals surface area (Å²) in [4.78, 5) is 18.0. The Morgan fingerprint density at radius 1 is 1.39 bits per heavy atom. The number of carbonyl (C=O) groups excluding carboxylic acids is 1. The van der Waals surface area contributed by atoms with Crippen LogP contribution in [0.5, 0.6) is 5.88 Å². The second-order valence-corrected chi connectivity index (χ2v) is 5.26. The highest BCUT2D eigenvalue weighted by Gasteiger charge is 2.17. The van der Waals surface area contributed by atoms with Crippen LogP contribution >= 0.6 is 0 Å². The van der Waals surface area contributed by atoms with Gasteiger partial charge in [0.2, 0.25) is 5.88 Å². The minimum atomic E-state index is -0.237. The topological polar surface area (TPSA) is 79.6 Å². The third kappa shape index (κ3) is 5.00. The van der Waals surface area contributed by atoms with Crippen LogP contribution in [-0.2, 0) is 6.54 Å². The van der Waals surface area contributed by atoms with Crippen LogP contribution in [-0.4, -0.2) is 43.7 Å². The zero-order chi connectivity index (χ0) is 16.7. The normalized spacial score (nSPS) is 12.0. The molecule has 0 aliphatic rings. The lowest BCUT2D eigenvalue weighted by atomic mass is 10.2. The highest BCUT2D eigenvalue weighted by atomic mass is 16.5. The van der Waals surface area contributed by atoms with E-state index < -0.39 is 0 Å². The monoisotopic (exact) mass is 318 g/mol. The Hall–Kier alpha value is -2.54. The molecule has 23 heavy (non-hydrogen) atoms. The molecule has 0 spiro atoms. The Morgan fingerprint density at radius 3 is 2.87 bits per heavy atom. The molecule has 0 bridgehead atoms. The third-order valence-electron chi connectivity index (χ3n) is 3.41. The summed E-state index contributed by atoms with van der Waals surface area (Å²) >= 11 is 0. The van der Waals surface area contributed by atoms with E-state index in [0.717, 1.165) is 11.3 Å². The van der Waals surface area contributed by atoms with Gasteiger partial charge in [-0.25, -0.2) is 9.78 Å². The van der Waals surface area contributed by atoms with Crippen molar-refractivity contribution in [1.82, 2.24) is 20.5 Å². The minimum Gasteiger partial charge on any atom is -0.481 e. The predicted molar refractivity (Wildman–Crippen MR) is 86.2 cm³/mol. The first kappa shape index (κ1) is 16.8. The van der Waals surface area contributed by atoms with Crippen molar-refractivity contribution in [1.29, 1.82) is 0 Å². The fourth-order valence-electron chi connectivity index (χ4n) is 2.12. The van der Waals surface area contributed by atoms with Gasteiger partial charge in [-0.3, -0.25) is 4.90 Å². The highest BCUT2D eigenvalue weighted by molar-refractivity contribution is 5.73. The van der Waals surface area contributed by atoms with Crippen molar-refractivity contribution in [2.24, 2.45) is 0 Å². The van der Waals surface area contributed by atoms with Crippen LogP contribution in [0.3, 0.4) is 0 Å². The molecule has 7 heteroatoms. The second-order valence-electron chi connectivity index (χ2n) is 5.26. The maximum Gasteiger partial charge on any atom is 0.315 e. The minimum absolute atomic E-state index is 0.0169. The van der Waals surface area contributed by atoms with Gasteiger partial charge in [0.25, 0.3) is 0 Å². The number of ether oxygens (including phenoxy) is 1. The molecule has 0 fully saturated rings. The summed E-state index contributed by atoms with van der Waals surface area (Å²) in [5.41, 5.74) is 0.919. The van der Waals surface area contributed by atoms with Gasteiger partial charge in [0, 0.05) is 25.4 Å². The lowest BCUT2D eigenvalue weighted by Gasteiger charge is -2.22. The van der Waals surface area contributed by atoms with Crippen LogP contribution in [0.4, 0.5) is 4.79 Å². The zero-order valence-electron chi connectivity index (χ0n) is 13.6. The molecule has 2 aromatic heterocycles. The van der Waals surface area contributed by atoms with Gasteiger partial charge in [-0.1, -0.05) is 0 Å². The van der Waals surface area contributed by atoms with Gasteiger partial charge in [-0.15, -0.1) is 0 Å². The van der Waals surface area contributed by atoms with Gasteiger partial charge in [0.1, 0.15) is 5.76 Å². The molecular weight excluding hydrogens is 296 g/mol. The number of carbonyl (C=O) groups is 1. The molecule has 0 aromatic carbocycles. The number of pyridine rings is 1. The molecule has 2 rings (SSSR count). The summed E-state index contributed by atoms with van der Waals surface area (Å²) in [5.74, 6) is 1.34. The Kier molecular flexibility index (Phi) is 5.99. The number of furan rings is 1. The van der Waals surface area contributed by atoms with E-state index in [1.165, 1.54) is 0 Å². The summed E-state index contributed by atoms with van der Waals surface area (Å²) in [7, 11) is 5.44. The lowest BCUT2D eigenvalue weighted by molar-refractivity contribution is 0.225. The number of rotatable bonds is 7. The molecule has 124 valence electrons. The van der Waals surface area contributed by atoms with Crippen molar-refractivity contribution in [2.75, 3.05) is 27.7 Å². The quantitative estimate of drug-likeness (QED) is 0.813. The number of nitrogens with one attached hydrogen (secondary N) is 2. The van der Waals surface area contributed by atoms with E-state index in [1.54, 1.807) is 25.6 Å². The second kappa shape index (κ2) is 8.19. The fourth-order valence-corrected chi connectivity index (χ4v) is 2.12. The Labute approximate surface area is 135 Å². The van der Waals surface area contributed by atoms with Crippen LogP contribution in [0.15, 0.2) is 41.1 Å². The van der Waals surface area contributed by atoms with Crippen LogP contribution in [0.2, 0.25) is 0 Å². The average Bonchev–Trinajstić information content (AvgIpc) is 3.07. The molecule has 2 aromatic rings. The summed E-state index contributed by atoms with van der Waals surface area (Å²) in [6.45, 7) is 0.851. The molecule has 7 nitrogen and oxygen atoms in total. The van der Waals surface area contributed by atoms with Crippen molar-refractivity contribution in [3.63, 3.8) is 0 Å². The lowest BCUT2D eigenvalue weighted by Crippen LogP contribution is -2.40. The molecule has 0 aliphatic carbocycles. The molecule has 2 heterocycles. The molecule has 0 radical (unpaired) electrons. The largest absolute Gasteiger partial charge is 0.481 e. The van der Waals surface area contributed by atoms with E-state index in [-0.39, 0.29) is 12.1 Å². The first-order chi connectivity index (χ1) is 11.1. The summed E-state index contributed by atoms with van der Waals surface area (Å²) in [5, 5.41) is 5.66. The molecule has 1 unspecified atom stereocenters. The third-order valence-corrected chi connectivity index (χ3v) is 3.41.